The second-order valence-electron chi connectivity index (χ2n) is 8.86. The van der Waals surface area contributed by atoms with Gasteiger partial charge in [0.1, 0.15) is 11.5 Å². The highest BCUT2D eigenvalue weighted by molar-refractivity contribution is 6.51. The molecule has 176 valence electrons. The van der Waals surface area contributed by atoms with Crippen LogP contribution in [0.1, 0.15) is 47.7 Å². The molecule has 0 aliphatic carbocycles. The SMILES string of the molecule is Cc1ccc(/C(O)=C2/C(=O)C(=O)N(c3ccc(C#N)cc3)C2c2ccc(OC(C)C)cc2)cc1C. The zero-order chi connectivity index (χ0) is 25.3. The van der Waals surface area contributed by atoms with Crippen LogP contribution in [-0.2, 0) is 9.59 Å². The Balaban J connectivity index is 1.89. The quantitative estimate of drug-likeness (QED) is 0.301. The number of hydrogen-bond donors (Lipinski definition) is 1. The highest BCUT2D eigenvalue weighted by Gasteiger charge is 2.47. The number of aryl methyl sites for hydroxylation is 2. The third-order valence-electron chi connectivity index (χ3n) is 6.07. The molecule has 1 saturated heterocycles. The van der Waals surface area contributed by atoms with Crippen molar-refractivity contribution in [1.82, 2.24) is 0 Å². The van der Waals surface area contributed by atoms with Gasteiger partial charge in [0.2, 0.25) is 0 Å². The Morgan fingerprint density at radius 3 is 2.20 bits per heavy atom. The number of hydrogen-bond acceptors (Lipinski definition) is 5. The Bertz CT molecular complexity index is 1360. The number of amides is 1. The van der Waals surface area contributed by atoms with Crippen molar-refractivity contribution in [2.75, 3.05) is 4.90 Å². The smallest absolute Gasteiger partial charge is 0.300 e. The van der Waals surface area contributed by atoms with Crippen LogP contribution in [0, 0.1) is 25.2 Å². The van der Waals surface area contributed by atoms with Gasteiger partial charge in [-0.3, -0.25) is 14.5 Å². The molecule has 1 unspecified atom stereocenters. The molecule has 1 heterocycles. The van der Waals surface area contributed by atoms with Crippen molar-refractivity contribution < 1.29 is 19.4 Å². The van der Waals surface area contributed by atoms with E-state index < -0.39 is 17.7 Å². The van der Waals surface area contributed by atoms with Gasteiger partial charge >= 0.3 is 0 Å². The van der Waals surface area contributed by atoms with Gasteiger partial charge in [0.25, 0.3) is 11.7 Å². The van der Waals surface area contributed by atoms with Crippen molar-refractivity contribution in [3.8, 4) is 11.8 Å². The average Bonchev–Trinajstić information content (AvgIpc) is 3.11. The maximum Gasteiger partial charge on any atom is 0.300 e. The highest BCUT2D eigenvalue weighted by atomic mass is 16.5. The summed E-state index contributed by atoms with van der Waals surface area (Å²) in [6.45, 7) is 7.74. The lowest BCUT2D eigenvalue weighted by Gasteiger charge is -2.25. The van der Waals surface area contributed by atoms with Gasteiger partial charge in [-0.2, -0.15) is 5.26 Å². The number of ether oxygens (including phenoxy) is 1. The van der Waals surface area contributed by atoms with E-state index in [0.717, 1.165) is 11.1 Å². The van der Waals surface area contributed by atoms with Crippen LogP contribution in [0.15, 0.2) is 72.3 Å². The number of carbonyl (C=O) groups excluding carboxylic acids is 2. The zero-order valence-corrected chi connectivity index (χ0v) is 20.1. The average molecular weight is 467 g/mol. The number of ketones is 1. The van der Waals surface area contributed by atoms with Gasteiger partial charge in [-0.25, -0.2) is 0 Å². The van der Waals surface area contributed by atoms with Crippen LogP contribution in [0.3, 0.4) is 0 Å². The molecule has 3 aromatic rings. The summed E-state index contributed by atoms with van der Waals surface area (Å²) in [7, 11) is 0. The molecule has 0 saturated carbocycles. The summed E-state index contributed by atoms with van der Waals surface area (Å²) in [5, 5.41) is 20.4. The Labute approximate surface area is 204 Å². The van der Waals surface area contributed by atoms with Crippen LogP contribution in [0.2, 0.25) is 0 Å². The minimum atomic E-state index is -0.849. The van der Waals surface area contributed by atoms with Gasteiger partial charge in [-0.05, 0) is 86.8 Å². The zero-order valence-electron chi connectivity index (χ0n) is 20.1. The molecule has 6 nitrogen and oxygen atoms in total. The summed E-state index contributed by atoms with van der Waals surface area (Å²) >= 11 is 0. The Kier molecular flexibility index (Phi) is 6.44. The lowest BCUT2D eigenvalue weighted by atomic mass is 9.94. The van der Waals surface area contributed by atoms with Gasteiger partial charge in [-0.1, -0.05) is 24.3 Å². The fourth-order valence-corrected chi connectivity index (χ4v) is 4.16. The van der Waals surface area contributed by atoms with Gasteiger partial charge in [-0.15, -0.1) is 0 Å². The summed E-state index contributed by atoms with van der Waals surface area (Å²) in [4.78, 5) is 27.9. The summed E-state index contributed by atoms with van der Waals surface area (Å²) < 4.78 is 5.74. The molecule has 1 fully saturated rings. The standard InChI is InChI=1S/C29H26N2O4/c1-17(2)35-24-13-9-21(10-14-24)26-25(27(32)22-8-5-18(3)19(4)15-22)28(33)29(34)31(26)23-11-6-20(16-30)7-12-23/h5-15,17,26,32H,1-4H3/b27-25-. The third-order valence-corrected chi connectivity index (χ3v) is 6.07. The topological polar surface area (TPSA) is 90.6 Å². The second kappa shape index (κ2) is 9.47. The van der Waals surface area contributed by atoms with E-state index in [-0.39, 0.29) is 17.4 Å². The molecule has 3 aromatic carbocycles. The van der Waals surface area contributed by atoms with Crippen LogP contribution < -0.4 is 9.64 Å². The molecule has 0 spiro atoms. The maximum atomic E-state index is 13.3. The molecule has 4 rings (SSSR count). The number of anilines is 1. The Morgan fingerprint density at radius 2 is 1.63 bits per heavy atom. The molecule has 0 aromatic heterocycles. The summed E-state index contributed by atoms with van der Waals surface area (Å²) in [5.41, 5.74) is 4.04. The lowest BCUT2D eigenvalue weighted by molar-refractivity contribution is -0.132. The van der Waals surface area contributed by atoms with Gasteiger partial charge < -0.3 is 9.84 Å². The van der Waals surface area contributed by atoms with E-state index in [1.165, 1.54) is 4.90 Å². The first-order valence-corrected chi connectivity index (χ1v) is 11.4. The minimum absolute atomic E-state index is 0.00471. The van der Waals surface area contributed by atoms with Crippen LogP contribution in [-0.4, -0.2) is 22.9 Å². The van der Waals surface area contributed by atoms with Crippen molar-refractivity contribution in [3.63, 3.8) is 0 Å². The molecule has 35 heavy (non-hydrogen) atoms. The Morgan fingerprint density at radius 1 is 0.971 bits per heavy atom. The molecule has 0 bridgehead atoms. The van der Waals surface area contributed by atoms with Crippen molar-refractivity contribution in [2.24, 2.45) is 0 Å². The largest absolute Gasteiger partial charge is 0.507 e. The lowest BCUT2D eigenvalue weighted by Crippen LogP contribution is -2.29. The number of rotatable bonds is 5. The fraction of sp³-hybridized carbons (Fsp3) is 0.207. The molecule has 1 aliphatic rings. The molecule has 1 N–H and O–H groups in total. The van der Waals surface area contributed by atoms with Crippen LogP contribution in [0.25, 0.3) is 5.76 Å². The van der Waals surface area contributed by atoms with E-state index in [9.17, 15) is 14.7 Å². The van der Waals surface area contributed by atoms with E-state index in [1.807, 2.05) is 33.8 Å². The first-order chi connectivity index (χ1) is 16.7. The molecular weight excluding hydrogens is 440 g/mol. The number of nitrogens with zero attached hydrogens (tertiary/aromatic N) is 2. The monoisotopic (exact) mass is 466 g/mol. The minimum Gasteiger partial charge on any atom is -0.507 e. The molecule has 1 amide bonds. The van der Waals surface area contributed by atoms with E-state index in [1.54, 1.807) is 60.7 Å². The Hall–Kier alpha value is -4.37. The molecular formula is C29H26N2O4. The number of aliphatic hydroxyl groups excluding tert-OH is 1. The van der Waals surface area contributed by atoms with Crippen molar-refractivity contribution in [3.05, 3.63) is 100 Å². The van der Waals surface area contributed by atoms with Gasteiger partial charge in [0.05, 0.1) is 29.4 Å². The van der Waals surface area contributed by atoms with Crippen molar-refractivity contribution in [2.45, 2.75) is 39.8 Å². The van der Waals surface area contributed by atoms with E-state index in [4.69, 9.17) is 10.00 Å². The first kappa shape index (κ1) is 23.8. The van der Waals surface area contributed by atoms with Gasteiger partial charge in [0.15, 0.2) is 0 Å². The van der Waals surface area contributed by atoms with Gasteiger partial charge in [0, 0.05) is 11.3 Å². The number of aliphatic hydroxyl groups is 1. The van der Waals surface area contributed by atoms with Crippen LogP contribution >= 0.6 is 0 Å². The van der Waals surface area contributed by atoms with E-state index >= 15 is 0 Å². The second-order valence-corrected chi connectivity index (χ2v) is 8.86. The molecule has 0 radical (unpaired) electrons. The van der Waals surface area contributed by atoms with Crippen molar-refractivity contribution >= 4 is 23.1 Å². The normalized spacial score (nSPS) is 17.0. The number of Topliss-reactive ketones (excluding diaryl/α,β-unsaturated/α-hetero) is 1. The maximum absolute atomic E-state index is 13.3. The van der Waals surface area contributed by atoms with E-state index in [0.29, 0.717) is 28.1 Å². The molecule has 6 heteroatoms. The fourth-order valence-electron chi connectivity index (χ4n) is 4.16. The van der Waals surface area contributed by atoms with Crippen molar-refractivity contribution in [1.29, 1.82) is 5.26 Å². The predicted octanol–water partition coefficient (Wildman–Crippen LogP) is 5.59. The predicted molar refractivity (Wildman–Crippen MR) is 134 cm³/mol. The summed E-state index contributed by atoms with van der Waals surface area (Å²) in [6, 6.07) is 20.2. The number of benzene rings is 3. The first-order valence-electron chi connectivity index (χ1n) is 11.4. The third kappa shape index (κ3) is 4.53. The number of nitriles is 1. The highest BCUT2D eigenvalue weighted by Crippen LogP contribution is 2.42. The van der Waals surface area contributed by atoms with Crippen LogP contribution in [0.5, 0.6) is 5.75 Å². The summed E-state index contributed by atoms with van der Waals surface area (Å²) in [6.07, 6.45) is -0.00471. The molecule has 1 aliphatic heterocycles. The summed E-state index contributed by atoms with van der Waals surface area (Å²) in [5.74, 6) is -1.08. The number of carbonyl (C=O) groups is 2. The van der Waals surface area contributed by atoms with E-state index in [2.05, 4.69) is 6.07 Å². The molecule has 1 atom stereocenters. The van der Waals surface area contributed by atoms with Crippen LogP contribution in [0.4, 0.5) is 5.69 Å².